The Balaban J connectivity index is 2.60. The van der Waals surface area contributed by atoms with E-state index in [1.165, 1.54) is 19.1 Å². The zero-order valence-electron chi connectivity index (χ0n) is 9.55. The van der Waals surface area contributed by atoms with Crippen molar-refractivity contribution in [3.8, 4) is 11.5 Å². The van der Waals surface area contributed by atoms with E-state index in [0.29, 0.717) is 19.0 Å². The van der Waals surface area contributed by atoms with Gasteiger partial charge in [-0.2, -0.15) is 0 Å². The second kappa shape index (κ2) is 3.98. The lowest BCUT2D eigenvalue weighted by atomic mass is 9.98. The predicted molar refractivity (Wildman–Crippen MR) is 57.0 cm³/mol. The summed E-state index contributed by atoms with van der Waals surface area (Å²) < 4.78 is 37.3. The number of hydrogen-bond donors (Lipinski definition) is 0. The Kier molecular flexibility index (Phi) is 2.77. The first-order chi connectivity index (χ1) is 7.89. The number of fused-ring (bicyclic) bond motifs is 1. The van der Waals surface area contributed by atoms with Gasteiger partial charge in [-0.1, -0.05) is 0 Å². The third kappa shape index (κ3) is 2.23. The van der Waals surface area contributed by atoms with Crippen LogP contribution < -0.4 is 9.47 Å². The maximum atomic E-state index is 13.4. The predicted octanol–water partition coefficient (Wildman–Crippen LogP) is 2.77. The molecule has 0 radical (unpaired) electrons. The third-order valence-electron chi connectivity index (χ3n) is 2.53. The fourth-order valence-corrected chi connectivity index (χ4v) is 1.74. The lowest BCUT2D eigenvalue weighted by Gasteiger charge is -2.22. The average molecular weight is 242 g/mol. The zero-order chi connectivity index (χ0) is 12.6. The molecule has 0 saturated carbocycles. The number of carbonyl (C=O) groups is 1. The van der Waals surface area contributed by atoms with E-state index in [0.717, 1.165) is 6.92 Å². The lowest BCUT2D eigenvalue weighted by Crippen LogP contribution is -2.19. The highest BCUT2D eigenvalue weighted by Gasteiger charge is 2.31. The van der Waals surface area contributed by atoms with Crippen molar-refractivity contribution in [1.82, 2.24) is 0 Å². The first-order valence-corrected chi connectivity index (χ1v) is 5.22. The standard InChI is InChI=1S/C12H12F2O3/c1-7(15)8-5-10-11(17-4-3-16-10)6-9(8)12(2,13)14/h5-6H,3-4H2,1-2H3. The van der Waals surface area contributed by atoms with Gasteiger partial charge in [0.05, 0.1) is 0 Å². The van der Waals surface area contributed by atoms with Crippen LogP contribution in [0.4, 0.5) is 8.78 Å². The number of ketones is 1. The third-order valence-corrected chi connectivity index (χ3v) is 2.53. The Labute approximate surface area is 97.3 Å². The van der Waals surface area contributed by atoms with Gasteiger partial charge in [0.1, 0.15) is 13.2 Å². The van der Waals surface area contributed by atoms with Crippen LogP contribution in [0, 0.1) is 0 Å². The van der Waals surface area contributed by atoms with Crippen molar-refractivity contribution in [2.24, 2.45) is 0 Å². The van der Waals surface area contributed by atoms with Crippen molar-refractivity contribution in [3.05, 3.63) is 23.3 Å². The van der Waals surface area contributed by atoms with Crippen molar-refractivity contribution in [2.45, 2.75) is 19.8 Å². The summed E-state index contributed by atoms with van der Waals surface area (Å²) in [5.41, 5.74) is -0.351. The van der Waals surface area contributed by atoms with E-state index >= 15 is 0 Å². The molecule has 0 spiro atoms. The van der Waals surface area contributed by atoms with Crippen LogP contribution in [0.5, 0.6) is 11.5 Å². The van der Waals surface area contributed by atoms with Gasteiger partial charge in [-0.3, -0.25) is 4.79 Å². The maximum Gasteiger partial charge on any atom is 0.271 e. The minimum Gasteiger partial charge on any atom is -0.486 e. The smallest absolute Gasteiger partial charge is 0.271 e. The summed E-state index contributed by atoms with van der Waals surface area (Å²) in [5, 5.41) is 0. The fraction of sp³-hybridized carbons (Fsp3) is 0.417. The van der Waals surface area contributed by atoms with Gasteiger partial charge in [0.15, 0.2) is 17.3 Å². The van der Waals surface area contributed by atoms with Crippen LogP contribution in [0.15, 0.2) is 12.1 Å². The molecule has 1 aromatic carbocycles. The molecule has 0 unspecified atom stereocenters. The molecule has 17 heavy (non-hydrogen) atoms. The molecule has 0 aromatic heterocycles. The van der Waals surface area contributed by atoms with Crippen molar-refractivity contribution in [1.29, 1.82) is 0 Å². The van der Waals surface area contributed by atoms with Crippen LogP contribution in [0.1, 0.15) is 29.8 Å². The highest BCUT2D eigenvalue weighted by molar-refractivity contribution is 5.96. The Morgan fingerprint density at radius 1 is 1.24 bits per heavy atom. The number of rotatable bonds is 2. The lowest BCUT2D eigenvalue weighted by molar-refractivity contribution is 0.0159. The molecule has 0 aliphatic carbocycles. The molecule has 92 valence electrons. The molecular formula is C12H12F2O3. The van der Waals surface area contributed by atoms with Gasteiger partial charge in [0, 0.05) is 18.1 Å². The van der Waals surface area contributed by atoms with Gasteiger partial charge >= 0.3 is 0 Å². The van der Waals surface area contributed by atoms with E-state index in [-0.39, 0.29) is 16.9 Å². The van der Waals surface area contributed by atoms with E-state index in [1.54, 1.807) is 0 Å². The summed E-state index contributed by atoms with van der Waals surface area (Å²) in [6, 6.07) is 2.51. The van der Waals surface area contributed by atoms with Crippen molar-refractivity contribution < 1.29 is 23.0 Å². The van der Waals surface area contributed by atoms with Gasteiger partial charge in [-0.15, -0.1) is 0 Å². The normalized spacial score (nSPS) is 14.6. The number of carbonyl (C=O) groups excluding carboxylic acids is 1. The first-order valence-electron chi connectivity index (χ1n) is 5.22. The second-order valence-corrected chi connectivity index (χ2v) is 3.99. The van der Waals surface area contributed by atoms with Crippen LogP contribution >= 0.6 is 0 Å². The SMILES string of the molecule is CC(=O)c1cc2c(cc1C(C)(F)F)OCCO2. The van der Waals surface area contributed by atoms with E-state index in [1.807, 2.05) is 0 Å². The zero-order valence-corrected chi connectivity index (χ0v) is 9.55. The molecule has 1 aliphatic heterocycles. The quantitative estimate of drug-likeness (QED) is 0.748. The summed E-state index contributed by atoms with van der Waals surface area (Å²) in [7, 11) is 0. The monoisotopic (exact) mass is 242 g/mol. The van der Waals surface area contributed by atoms with Crippen LogP contribution in [0.3, 0.4) is 0 Å². The van der Waals surface area contributed by atoms with Crippen LogP contribution in [-0.2, 0) is 5.92 Å². The van der Waals surface area contributed by atoms with E-state index < -0.39 is 11.7 Å². The molecule has 0 amide bonds. The number of hydrogen-bond acceptors (Lipinski definition) is 3. The van der Waals surface area contributed by atoms with Gasteiger partial charge in [0.25, 0.3) is 5.92 Å². The summed E-state index contributed by atoms with van der Waals surface area (Å²) in [6.45, 7) is 2.68. The number of halogens is 2. The molecular weight excluding hydrogens is 230 g/mol. The van der Waals surface area contributed by atoms with Gasteiger partial charge < -0.3 is 9.47 Å². The van der Waals surface area contributed by atoms with Gasteiger partial charge in [0.2, 0.25) is 0 Å². The minimum absolute atomic E-state index is 0.0262. The largest absolute Gasteiger partial charge is 0.486 e. The second-order valence-electron chi connectivity index (χ2n) is 3.99. The average Bonchev–Trinajstić information content (AvgIpc) is 2.26. The topological polar surface area (TPSA) is 35.5 Å². The van der Waals surface area contributed by atoms with Gasteiger partial charge in [-0.25, -0.2) is 8.78 Å². The van der Waals surface area contributed by atoms with Crippen LogP contribution in [0.2, 0.25) is 0 Å². The Morgan fingerprint density at radius 3 is 2.24 bits per heavy atom. The molecule has 0 fully saturated rings. The number of Topliss-reactive ketones (excluding diaryl/α,β-unsaturated/α-hetero) is 1. The van der Waals surface area contributed by atoms with E-state index in [4.69, 9.17) is 9.47 Å². The van der Waals surface area contributed by atoms with Crippen molar-refractivity contribution >= 4 is 5.78 Å². The molecule has 1 aliphatic rings. The highest BCUT2D eigenvalue weighted by Crippen LogP contribution is 2.39. The minimum atomic E-state index is -3.09. The van der Waals surface area contributed by atoms with Crippen molar-refractivity contribution in [3.63, 3.8) is 0 Å². The maximum absolute atomic E-state index is 13.4. The highest BCUT2D eigenvalue weighted by atomic mass is 19.3. The Hall–Kier alpha value is -1.65. The molecule has 0 bridgehead atoms. The molecule has 1 heterocycles. The Morgan fingerprint density at radius 2 is 1.76 bits per heavy atom. The van der Waals surface area contributed by atoms with E-state index in [2.05, 4.69) is 0 Å². The number of benzene rings is 1. The number of ether oxygens (including phenoxy) is 2. The fourth-order valence-electron chi connectivity index (χ4n) is 1.74. The molecule has 0 atom stereocenters. The Bertz CT molecular complexity index is 464. The van der Waals surface area contributed by atoms with Crippen molar-refractivity contribution in [2.75, 3.05) is 13.2 Å². The molecule has 2 rings (SSSR count). The molecule has 1 aromatic rings. The molecule has 3 nitrogen and oxygen atoms in total. The first kappa shape index (κ1) is 11.8. The number of alkyl halides is 2. The summed E-state index contributed by atoms with van der Waals surface area (Å²) >= 11 is 0. The summed E-state index contributed by atoms with van der Waals surface area (Å²) in [6.07, 6.45) is 0. The van der Waals surface area contributed by atoms with E-state index in [9.17, 15) is 13.6 Å². The van der Waals surface area contributed by atoms with Crippen LogP contribution in [-0.4, -0.2) is 19.0 Å². The van der Waals surface area contributed by atoms with Crippen LogP contribution in [0.25, 0.3) is 0 Å². The molecule has 5 heteroatoms. The summed E-state index contributed by atoms with van der Waals surface area (Å²) in [5.74, 6) is -2.90. The summed E-state index contributed by atoms with van der Waals surface area (Å²) in [4.78, 5) is 11.4. The molecule has 0 N–H and O–H groups in total. The van der Waals surface area contributed by atoms with Gasteiger partial charge in [-0.05, 0) is 19.1 Å². The molecule has 0 saturated heterocycles.